The third-order valence-electron chi connectivity index (χ3n) is 7.83. The van der Waals surface area contributed by atoms with E-state index in [2.05, 4.69) is 0 Å². The summed E-state index contributed by atoms with van der Waals surface area (Å²) in [4.78, 5) is 0. The van der Waals surface area contributed by atoms with Gasteiger partial charge in [-0.25, -0.2) is 0 Å². The molecule has 9 heteroatoms. The smallest absolute Gasteiger partial charge is 0.186 e. The highest BCUT2D eigenvalue weighted by Gasteiger charge is 2.62. The summed E-state index contributed by atoms with van der Waals surface area (Å²) in [6, 6.07) is 0. The Kier molecular flexibility index (Phi) is 6.64. The molecular weight excluding hydrogens is 396 g/mol. The second-order valence-electron chi connectivity index (χ2n) is 10.5. The summed E-state index contributed by atoms with van der Waals surface area (Å²) in [6.07, 6.45) is -6.77. The van der Waals surface area contributed by atoms with Crippen molar-refractivity contribution in [1.82, 2.24) is 0 Å². The van der Waals surface area contributed by atoms with Gasteiger partial charge in [0.2, 0.25) is 0 Å². The summed E-state index contributed by atoms with van der Waals surface area (Å²) in [6.45, 7) is 6.32. The molecule has 0 aromatic carbocycles. The van der Waals surface area contributed by atoms with Crippen LogP contribution in [-0.4, -0.2) is 96.5 Å². The van der Waals surface area contributed by atoms with Gasteiger partial charge >= 0.3 is 0 Å². The summed E-state index contributed by atoms with van der Waals surface area (Å²) >= 11 is 0. The Morgan fingerprint density at radius 1 is 1.00 bits per heavy atom. The maximum Gasteiger partial charge on any atom is 0.186 e. The van der Waals surface area contributed by atoms with Crippen LogP contribution in [0.4, 0.5) is 0 Å². The first-order valence-corrected chi connectivity index (χ1v) is 10.8. The maximum atomic E-state index is 11.3. The van der Waals surface area contributed by atoms with E-state index in [1.807, 2.05) is 6.92 Å². The number of fused-ring (bicyclic) bond motifs is 1. The van der Waals surface area contributed by atoms with Gasteiger partial charge in [-0.15, -0.1) is 0 Å². The third kappa shape index (κ3) is 4.04. The van der Waals surface area contributed by atoms with Crippen LogP contribution in [0.1, 0.15) is 53.4 Å². The van der Waals surface area contributed by atoms with E-state index in [0.29, 0.717) is 25.7 Å². The molecule has 2 saturated carbocycles. The monoisotopic (exact) mass is 434 g/mol. The average Bonchev–Trinajstić information content (AvgIpc) is 2.64. The molecule has 176 valence electrons. The van der Waals surface area contributed by atoms with Gasteiger partial charge in [-0.3, -0.25) is 0 Å². The average molecular weight is 435 g/mol. The predicted molar refractivity (Wildman–Crippen MR) is 105 cm³/mol. The van der Waals surface area contributed by atoms with Crippen LogP contribution in [0.5, 0.6) is 0 Å². The largest absolute Gasteiger partial charge is 0.394 e. The normalized spacial score (nSPS) is 52.7. The van der Waals surface area contributed by atoms with E-state index < -0.39 is 78.0 Å². The van der Waals surface area contributed by atoms with E-state index in [-0.39, 0.29) is 0 Å². The summed E-state index contributed by atoms with van der Waals surface area (Å²) in [5.74, 6) is -1.02. The van der Waals surface area contributed by atoms with Crippen molar-refractivity contribution in [3.63, 3.8) is 0 Å². The lowest BCUT2D eigenvalue weighted by molar-refractivity contribution is -0.342. The predicted octanol–water partition coefficient (Wildman–Crippen LogP) is -1.12. The molecule has 3 rings (SSSR count). The van der Waals surface area contributed by atoms with Crippen molar-refractivity contribution in [1.29, 1.82) is 0 Å². The van der Waals surface area contributed by atoms with Gasteiger partial charge < -0.3 is 45.2 Å². The zero-order chi connectivity index (χ0) is 22.6. The number of hydrogen-bond donors (Lipinski definition) is 7. The van der Waals surface area contributed by atoms with E-state index in [1.165, 1.54) is 0 Å². The van der Waals surface area contributed by atoms with Crippen molar-refractivity contribution in [3.8, 4) is 0 Å². The Bertz CT molecular complexity index is 604. The SMILES string of the molecule is CC(C)(O)[C@@H]1CC[C@]2(C)[C@H](O)CC[C@](C)(O)[C@H]2[C@@H]1O[C@@H]1O[C@H](CO)[C@@H](O)[C@H](O)[C@H]1O. The Morgan fingerprint density at radius 2 is 1.63 bits per heavy atom. The first-order chi connectivity index (χ1) is 13.7. The molecule has 3 fully saturated rings. The number of ether oxygens (including phenoxy) is 2. The molecule has 1 saturated heterocycles. The summed E-state index contributed by atoms with van der Waals surface area (Å²) in [7, 11) is 0. The Labute approximate surface area is 177 Å². The van der Waals surface area contributed by atoms with Crippen LogP contribution < -0.4 is 0 Å². The van der Waals surface area contributed by atoms with E-state index in [0.717, 1.165) is 0 Å². The van der Waals surface area contributed by atoms with Gasteiger partial charge in [0.1, 0.15) is 24.4 Å². The molecule has 0 aromatic heterocycles. The summed E-state index contributed by atoms with van der Waals surface area (Å²) < 4.78 is 11.7. The molecular formula is C21H38O9. The van der Waals surface area contributed by atoms with Gasteiger partial charge in [0.15, 0.2) is 6.29 Å². The lowest BCUT2D eigenvalue weighted by Crippen LogP contribution is -2.67. The summed E-state index contributed by atoms with van der Waals surface area (Å²) in [5.41, 5.74) is -3.06. The van der Waals surface area contributed by atoms with Crippen molar-refractivity contribution in [2.75, 3.05) is 6.61 Å². The molecule has 0 aromatic rings. The topological polar surface area (TPSA) is 160 Å². The molecule has 0 radical (unpaired) electrons. The molecule has 1 heterocycles. The Morgan fingerprint density at radius 3 is 2.20 bits per heavy atom. The minimum Gasteiger partial charge on any atom is -0.394 e. The van der Waals surface area contributed by atoms with Crippen LogP contribution in [-0.2, 0) is 9.47 Å². The maximum absolute atomic E-state index is 11.3. The van der Waals surface area contributed by atoms with Crippen LogP contribution in [0, 0.1) is 17.3 Å². The lowest BCUT2D eigenvalue weighted by Gasteiger charge is -2.61. The highest BCUT2D eigenvalue weighted by molar-refractivity contribution is 5.11. The number of aliphatic hydroxyl groups excluding tert-OH is 5. The molecule has 0 spiro atoms. The molecule has 30 heavy (non-hydrogen) atoms. The summed E-state index contributed by atoms with van der Waals surface area (Å²) in [5, 5.41) is 73.1. The number of aliphatic hydroxyl groups is 7. The fourth-order valence-corrected chi connectivity index (χ4v) is 6.01. The number of hydrogen-bond acceptors (Lipinski definition) is 9. The first-order valence-electron chi connectivity index (χ1n) is 10.8. The molecule has 0 amide bonds. The van der Waals surface area contributed by atoms with Gasteiger partial charge in [-0.1, -0.05) is 6.92 Å². The Hall–Kier alpha value is -0.360. The highest BCUT2D eigenvalue weighted by Crippen LogP contribution is 2.58. The fourth-order valence-electron chi connectivity index (χ4n) is 6.01. The standard InChI is InChI=1S/C21H38O9/c1-19(2,27)10-5-7-20(3)12(23)6-8-21(4,28)17(20)16(10)30-18-15(26)14(25)13(24)11(9-22)29-18/h10-18,22-28H,5-9H2,1-4H3/t10-,11-,12-,13-,14+,15-,16-,17+,18+,20-,21+/m1/s1. The molecule has 11 atom stereocenters. The van der Waals surface area contributed by atoms with Gasteiger partial charge in [-0.2, -0.15) is 0 Å². The van der Waals surface area contributed by atoms with Gasteiger partial charge in [0.05, 0.1) is 30.0 Å². The third-order valence-corrected chi connectivity index (χ3v) is 7.83. The molecule has 0 unspecified atom stereocenters. The lowest BCUT2D eigenvalue weighted by atomic mass is 9.50. The molecule has 2 aliphatic carbocycles. The van der Waals surface area contributed by atoms with Crippen molar-refractivity contribution >= 4 is 0 Å². The van der Waals surface area contributed by atoms with Gasteiger partial charge in [0.25, 0.3) is 0 Å². The minimum absolute atomic E-state index is 0.349. The quantitative estimate of drug-likeness (QED) is 0.291. The van der Waals surface area contributed by atoms with Crippen LogP contribution in [0.25, 0.3) is 0 Å². The van der Waals surface area contributed by atoms with Crippen LogP contribution in [0.3, 0.4) is 0 Å². The van der Waals surface area contributed by atoms with Crippen molar-refractivity contribution in [2.45, 2.75) is 107 Å². The fraction of sp³-hybridized carbons (Fsp3) is 1.00. The van der Waals surface area contributed by atoms with Gasteiger partial charge in [-0.05, 0) is 46.5 Å². The van der Waals surface area contributed by atoms with Crippen LogP contribution in [0.2, 0.25) is 0 Å². The second-order valence-corrected chi connectivity index (χ2v) is 10.5. The second kappa shape index (κ2) is 8.20. The zero-order valence-corrected chi connectivity index (χ0v) is 18.2. The minimum atomic E-state index is -1.59. The van der Waals surface area contributed by atoms with Crippen molar-refractivity contribution in [3.05, 3.63) is 0 Å². The van der Waals surface area contributed by atoms with E-state index in [1.54, 1.807) is 20.8 Å². The molecule has 1 aliphatic heterocycles. The van der Waals surface area contributed by atoms with Gasteiger partial charge in [0, 0.05) is 17.3 Å². The molecule has 3 aliphatic rings. The van der Waals surface area contributed by atoms with Crippen LogP contribution in [0.15, 0.2) is 0 Å². The number of rotatable bonds is 4. The zero-order valence-electron chi connectivity index (χ0n) is 18.2. The van der Waals surface area contributed by atoms with Crippen molar-refractivity contribution < 1.29 is 45.2 Å². The van der Waals surface area contributed by atoms with Crippen LogP contribution >= 0.6 is 0 Å². The molecule has 7 N–H and O–H groups in total. The molecule has 9 nitrogen and oxygen atoms in total. The van der Waals surface area contributed by atoms with E-state index >= 15 is 0 Å². The highest BCUT2D eigenvalue weighted by atomic mass is 16.7. The Balaban J connectivity index is 1.98. The molecule has 0 bridgehead atoms. The van der Waals surface area contributed by atoms with Crippen molar-refractivity contribution in [2.24, 2.45) is 17.3 Å². The van der Waals surface area contributed by atoms with E-state index in [4.69, 9.17) is 9.47 Å². The van der Waals surface area contributed by atoms with E-state index in [9.17, 15) is 35.7 Å². The first kappa shape index (κ1) is 24.3.